The van der Waals surface area contributed by atoms with Crippen molar-refractivity contribution in [1.82, 2.24) is 5.32 Å². The zero-order valence-corrected chi connectivity index (χ0v) is 7.18. The minimum atomic E-state index is 0.641. The standard InChI is InChI=1S/C9H15NO/c1-8(7-10-3)5-6-9(2)11-4/h5-6,10H,1-2,7H2,3-4H3/b6-5-. The van der Waals surface area contributed by atoms with Crippen LogP contribution in [0.25, 0.3) is 0 Å². The summed E-state index contributed by atoms with van der Waals surface area (Å²) in [5, 5.41) is 2.99. The van der Waals surface area contributed by atoms with Crippen LogP contribution in [0.1, 0.15) is 0 Å². The number of nitrogens with one attached hydrogen (secondary N) is 1. The van der Waals surface area contributed by atoms with E-state index in [9.17, 15) is 0 Å². The van der Waals surface area contributed by atoms with Crippen molar-refractivity contribution in [2.75, 3.05) is 20.7 Å². The molecule has 11 heavy (non-hydrogen) atoms. The molecule has 2 nitrogen and oxygen atoms in total. The largest absolute Gasteiger partial charge is 0.497 e. The van der Waals surface area contributed by atoms with Crippen LogP contribution in [0.3, 0.4) is 0 Å². The molecule has 0 aromatic rings. The van der Waals surface area contributed by atoms with Gasteiger partial charge in [-0.1, -0.05) is 19.2 Å². The van der Waals surface area contributed by atoms with E-state index in [1.165, 1.54) is 0 Å². The first kappa shape index (κ1) is 9.98. The fraction of sp³-hybridized carbons (Fsp3) is 0.333. The molecule has 0 saturated heterocycles. The zero-order valence-electron chi connectivity index (χ0n) is 7.18. The van der Waals surface area contributed by atoms with Gasteiger partial charge in [0.05, 0.1) is 7.11 Å². The molecule has 0 fully saturated rings. The normalized spacial score (nSPS) is 10.0. The molecule has 2 heteroatoms. The SMILES string of the molecule is C=C(/C=C\C(=C)OC)CNC. The second-order valence-corrected chi connectivity index (χ2v) is 2.19. The number of allylic oxidation sites excluding steroid dienone is 1. The first-order chi connectivity index (χ1) is 5.20. The van der Waals surface area contributed by atoms with Crippen LogP contribution < -0.4 is 5.32 Å². The Morgan fingerprint density at radius 2 is 2.09 bits per heavy atom. The number of ether oxygens (including phenoxy) is 1. The molecular weight excluding hydrogens is 138 g/mol. The highest BCUT2D eigenvalue weighted by atomic mass is 16.5. The molecule has 1 N–H and O–H groups in total. The van der Waals surface area contributed by atoms with E-state index in [0.29, 0.717) is 5.76 Å². The smallest absolute Gasteiger partial charge is 0.111 e. The van der Waals surface area contributed by atoms with E-state index in [1.807, 2.05) is 13.1 Å². The molecule has 0 spiro atoms. The van der Waals surface area contributed by atoms with Gasteiger partial charge in [-0.2, -0.15) is 0 Å². The molecule has 0 aliphatic rings. The number of rotatable bonds is 5. The first-order valence-corrected chi connectivity index (χ1v) is 3.44. The summed E-state index contributed by atoms with van der Waals surface area (Å²) in [4.78, 5) is 0. The summed E-state index contributed by atoms with van der Waals surface area (Å²) in [5.74, 6) is 0.641. The van der Waals surface area contributed by atoms with Gasteiger partial charge in [-0.3, -0.25) is 0 Å². The highest BCUT2D eigenvalue weighted by Crippen LogP contribution is 1.96. The van der Waals surface area contributed by atoms with Crippen molar-refractivity contribution in [3.8, 4) is 0 Å². The van der Waals surface area contributed by atoms with Gasteiger partial charge in [-0.15, -0.1) is 0 Å². The molecule has 0 bridgehead atoms. The van der Waals surface area contributed by atoms with Gasteiger partial charge in [0.15, 0.2) is 0 Å². The summed E-state index contributed by atoms with van der Waals surface area (Å²) >= 11 is 0. The van der Waals surface area contributed by atoms with E-state index in [1.54, 1.807) is 13.2 Å². The minimum Gasteiger partial charge on any atom is -0.497 e. The topological polar surface area (TPSA) is 21.3 Å². The van der Waals surface area contributed by atoms with Crippen molar-refractivity contribution >= 4 is 0 Å². The maximum Gasteiger partial charge on any atom is 0.111 e. The molecule has 0 unspecified atom stereocenters. The average molecular weight is 153 g/mol. The summed E-state index contributed by atoms with van der Waals surface area (Å²) in [7, 11) is 3.47. The maximum atomic E-state index is 4.84. The van der Waals surface area contributed by atoms with Gasteiger partial charge in [-0.25, -0.2) is 0 Å². The Kier molecular flexibility index (Phi) is 5.21. The van der Waals surface area contributed by atoms with Crippen molar-refractivity contribution < 1.29 is 4.74 Å². The van der Waals surface area contributed by atoms with Gasteiger partial charge in [-0.05, 0) is 18.7 Å². The molecule has 0 saturated carbocycles. The number of hydrogen-bond donors (Lipinski definition) is 1. The van der Waals surface area contributed by atoms with E-state index < -0.39 is 0 Å². The van der Waals surface area contributed by atoms with Crippen LogP contribution >= 0.6 is 0 Å². The average Bonchev–Trinajstić information content (AvgIpc) is 2.01. The van der Waals surface area contributed by atoms with Crippen LogP contribution in [0.2, 0.25) is 0 Å². The summed E-state index contributed by atoms with van der Waals surface area (Å²) < 4.78 is 4.84. The molecule has 0 heterocycles. The lowest BCUT2D eigenvalue weighted by Gasteiger charge is -1.98. The van der Waals surface area contributed by atoms with Crippen LogP contribution in [0.4, 0.5) is 0 Å². The molecule has 0 atom stereocenters. The Labute approximate surface area is 68.3 Å². The molecule has 0 radical (unpaired) electrons. The van der Waals surface area contributed by atoms with Crippen LogP contribution in [0, 0.1) is 0 Å². The fourth-order valence-electron chi connectivity index (χ4n) is 0.565. The Balaban J connectivity index is 3.73. The molecular formula is C9H15NO. The van der Waals surface area contributed by atoms with Gasteiger partial charge in [0, 0.05) is 6.54 Å². The summed E-state index contributed by atoms with van der Waals surface area (Å²) in [6, 6.07) is 0. The summed E-state index contributed by atoms with van der Waals surface area (Å²) in [5.41, 5.74) is 1.01. The van der Waals surface area contributed by atoms with Gasteiger partial charge in [0.2, 0.25) is 0 Å². The predicted octanol–water partition coefficient (Wildman–Crippen LogP) is 1.48. The van der Waals surface area contributed by atoms with Crippen molar-refractivity contribution in [3.63, 3.8) is 0 Å². The number of hydrogen-bond acceptors (Lipinski definition) is 2. The Morgan fingerprint density at radius 1 is 1.45 bits per heavy atom. The zero-order chi connectivity index (χ0) is 8.69. The summed E-state index contributed by atoms with van der Waals surface area (Å²) in [6.45, 7) is 8.22. The van der Waals surface area contributed by atoms with Crippen molar-refractivity contribution in [1.29, 1.82) is 0 Å². The lowest BCUT2D eigenvalue weighted by atomic mass is 10.2. The Bertz CT molecular complexity index is 170. The third kappa shape index (κ3) is 5.43. The molecule has 0 aliphatic heterocycles. The van der Waals surface area contributed by atoms with E-state index in [2.05, 4.69) is 18.5 Å². The van der Waals surface area contributed by atoms with Crippen molar-refractivity contribution in [2.24, 2.45) is 0 Å². The van der Waals surface area contributed by atoms with Gasteiger partial charge in [0.25, 0.3) is 0 Å². The van der Waals surface area contributed by atoms with Gasteiger partial charge >= 0.3 is 0 Å². The van der Waals surface area contributed by atoms with Crippen LogP contribution in [0.15, 0.2) is 36.6 Å². The molecule has 0 aliphatic carbocycles. The lowest BCUT2D eigenvalue weighted by molar-refractivity contribution is 0.309. The third-order valence-electron chi connectivity index (χ3n) is 1.17. The molecule has 0 aromatic carbocycles. The highest BCUT2D eigenvalue weighted by molar-refractivity contribution is 5.22. The van der Waals surface area contributed by atoms with Gasteiger partial charge < -0.3 is 10.1 Å². The Hall–Kier alpha value is -1.02. The fourth-order valence-corrected chi connectivity index (χ4v) is 0.565. The quantitative estimate of drug-likeness (QED) is 0.477. The Morgan fingerprint density at radius 3 is 2.55 bits per heavy atom. The second kappa shape index (κ2) is 5.74. The summed E-state index contributed by atoms with van der Waals surface area (Å²) in [6.07, 6.45) is 3.67. The van der Waals surface area contributed by atoms with Crippen LogP contribution in [-0.2, 0) is 4.74 Å². The van der Waals surface area contributed by atoms with E-state index >= 15 is 0 Å². The molecule has 0 rings (SSSR count). The molecule has 62 valence electrons. The van der Waals surface area contributed by atoms with Crippen molar-refractivity contribution in [3.05, 3.63) is 36.6 Å². The molecule has 0 aromatic heterocycles. The van der Waals surface area contributed by atoms with Crippen LogP contribution in [-0.4, -0.2) is 20.7 Å². The van der Waals surface area contributed by atoms with E-state index in [0.717, 1.165) is 12.1 Å². The van der Waals surface area contributed by atoms with Gasteiger partial charge in [0.1, 0.15) is 5.76 Å². The van der Waals surface area contributed by atoms with Crippen LogP contribution in [0.5, 0.6) is 0 Å². The minimum absolute atomic E-state index is 0.641. The maximum absolute atomic E-state index is 4.84. The monoisotopic (exact) mass is 153 g/mol. The predicted molar refractivity (Wildman–Crippen MR) is 48.4 cm³/mol. The first-order valence-electron chi connectivity index (χ1n) is 3.44. The van der Waals surface area contributed by atoms with E-state index in [-0.39, 0.29) is 0 Å². The van der Waals surface area contributed by atoms with E-state index in [4.69, 9.17) is 4.74 Å². The molecule has 0 amide bonds. The highest BCUT2D eigenvalue weighted by Gasteiger charge is 1.85. The number of likely N-dealkylation sites (N-methyl/N-ethyl adjacent to an activating group) is 1. The second-order valence-electron chi connectivity index (χ2n) is 2.19. The third-order valence-corrected chi connectivity index (χ3v) is 1.17. The van der Waals surface area contributed by atoms with Crippen molar-refractivity contribution in [2.45, 2.75) is 0 Å². The number of methoxy groups -OCH3 is 1. The lowest BCUT2D eigenvalue weighted by Crippen LogP contribution is -2.08.